The fraction of sp³-hybridized carbons (Fsp3) is 0.400. The van der Waals surface area contributed by atoms with Crippen molar-refractivity contribution in [2.24, 2.45) is 5.92 Å². The highest BCUT2D eigenvalue weighted by atomic mass is 16.7. The van der Waals surface area contributed by atoms with Crippen LogP contribution in [0.4, 0.5) is 5.69 Å². The largest absolute Gasteiger partial charge is 0.493 e. The standard InChI is InChI=1S/C35H41N3O8/c1-7-19(2)32(35(41)36-17-21-8-13-28-29(14-21)46-18-45-28)38-26-12-10-23-24(16-27(26)40)25(37-20(3)39)11-9-22-15-30(42-4)33(43-5)34(44-6)31(22)23/h8,10,12-16,19,25,32H,7,9,11,17-18H2,1-6H3,(H,36,41)(H,37,39)(H,38,40). The fourth-order valence-corrected chi connectivity index (χ4v) is 6.05. The van der Waals surface area contributed by atoms with E-state index in [2.05, 4.69) is 16.0 Å². The molecule has 11 nitrogen and oxygen atoms in total. The van der Waals surface area contributed by atoms with Crippen LogP contribution in [0.2, 0.25) is 0 Å². The molecule has 3 N–H and O–H groups in total. The zero-order chi connectivity index (χ0) is 33.0. The van der Waals surface area contributed by atoms with Gasteiger partial charge in [0.2, 0.25) is 29.8 Å². The predicted molar refractivity (Wildman–Crippen MR) is 174 cm³/mol. The highest BCUT2D eigenvalue weighted by Gasteiger charge is 2.30. The second kappa shape index (κ2) is 14.0. The van der Waals surface area contributed by atoms with Crippen molar-refractivity contribution in [3.8, 4) is 39.9 Å². The van der Waals surface area contributed by atoms with E-state index in [9.17, 15) is 14.4 Å². The molecule has 0 aromatic heterocycles. The van der Waals surface area contributed by atoms with Gasteiger partial charge in [0.05, 0.1) is 33.1 Å². The van der Waals surface area contributed by atoms with Gasteiger partial charge in [0.15, 0.2) is 23.0 Å². The first kappa shape index (κ1) is 32.5. The number of nitrogens with one attached hydrogen (secondary N) is 3. The number of rotatable bonds is 11. The van der Waals surface area contributed by atoms with Crippen molar-refractivity contribution in [2.75, 3.05) is 33.4 Å². The Morgan fingerprint density at radius 2 is 1.74 bits per heavy atom. The van der Waals surface area contributed by atoms with Crippen molar-refractivity contribution in [2.45, 2.75) is 58.7 Å². The molecule has 0 fully saturated rings. The van der Waals surface area contributed by atoms with Crippen LogP contribution in [0.1, 0.15) is 56.3 Å². The van der Waals surface area contributed by atoms with Gasteiger partial charge in [0.25, 0.3) is 0 Å². The zero-order valence-corrected chi connectivity index (χ0v) is 27.1. The number of hydrogen-bond donors (Lipinski definition) is 3. The second-order valence-corrected chi connectivity index (χ2v) is 11.5. The van der Waals surface area contributed by atoms with E-state index in [1.807, 2.05) is 44.2 Å². The molecule has 244 valence electrons. The lowest BCUT2D eigenvalue weighted by molar-refractivity contribution is -0.123. The van der Waals surface area contributed by atoms with E-state index in [4.69, 9.17) is 23.7 Å². The SMILES string of the molecule is CCC(C)C(Nc1ccc2c(cc1=O)C(NC(C)=O)CCc1cc(OC)c(OC)c(OC)c1-2)C(=O)NCc1ccc2c(c1)OCO2. The maximum atomic E-state index is 13.9. The highest BCUT2D eigenvalue weighted by Crippen LogP contribution is 2.50. The van der Waals surface area contributed by atoms with Crippen molar-refractivity contribution in [3.63, 3.8) is 0 Å². The molecule has 0 spiro atoms. The fourth-order valence-electron chi connectivity index (χ4n) is 6.05. The molecule has 2 amide bonds. The number of carbonyl (C=O) groups is 2. The van der Waals surface area contributed by atoms with Gasteiger partial charge in [0, 0.05) is 19.0 Å². The third-order valence-corrected chi connectivity index (χ3v) is 8.63. The van der Waals surface area contributed by atoms with Crippen LogP contribution < -0.4 is 45.1 Å². The lowest BCUT2D eigenvalue weighted by atomic mass is 9.95. The van der Waals surface area contributed by atoms with E-state index in [0.29, 0.717) is 59.1 Å². The van der Waals surface area contributed by atoms with Crippen molar-refractivity contribution in [1.29, 1.82) is 0 Å². The summed E-state index contributed by atoms with van der Waals surface area (Å²) in [6, 6.07) is 11.4. The maximum Gasteiger partial charge on any atom is 0.243 e. The molecular weight excluding hydrogens is 590 g/mol. The lowest BCUT2D eigenvalue weighted by Gasteiger charge is -2.24. The number of carbonyl (C=O) groups excluding carboxylic acids is 2. The smallest absolute Gasteiger partial charge is 0.243 e. The highest BCUT2D eigenvalue weighted by molar-refractivity contribution is 5.86. The Hall–Kier alpha value is -4.93. The Morgan fingerprint density at radius 3 is 2.43 bits per heavy atom. The summed E-state index contributed by atoms with van der Waals surface area (Å²) in [5.74, 6) is 2.19. The van der Waals surface area contributed by atoms with Gasteiger partial charge < -0.3 is 39.6 Å². The number of benzene rings is 2. The molecule has 0 bridgehead atoms. The number of hydrogen-bond acceptors (Lipinski definition) is 9. The van der Waals surface area contributed by atoms with Gasteiger partial charge in [-0.3, -0.25) is 14.4 Å². The molecule has 46 heavy (non-hydrogen) atoms. The summed E-state index contributed by atoms with van der Waals surface area (Å²) >= 11 is 0. The number of ether oxygens (including phenoxy) is 5. The van der Waals surface area contributed by atoms with Crippen LogP contribution in [-0.4, -0.2) is 46.0 Å². The summed E-state index contributed by atoms with van der Waals surface area (Å²) in [6.45, 7) is 5.88. The van der Waals surface area contributed by atoms with Crippen LogP contribution in [0.25, 0.3) is 11.1 Å². The Bertz CT molecular complexity index is 1690. The van der Waals surface area contributed by atoms with Crippen LogP contribution in [0.5, 0.6) is 28.7 Å². The molecule has 1 aliphatic heterocycles. The van der Waals surface area contributed by atoms with Crippen LogP contribution in [0.3, 0.4) is 0 Å². The van der Waals surface area contributed by atoms with Gasteiger partial charge in [-0.25, -0.2) is 0 Å². The van der Waals surface area contributed by atoms with E-state index in [1.165, 1.54) is 6.92 Å². The molecule has 1 aliphatic carbocycles. The molecule has 5 rings (SSSR count). The van der Waals surface area contributed by atoms with Crippen molar-refractivity contribution < 1.29 is 33.3 Å². The summed E-state index contributed by atoms with van der Waals surface area (Å²) in [7, 11) is 4.66. The molecule has 3 unspecified atom stereocenters. The number of methoxy groups -OCH3 is 3. The van der Waals surface area contributed by atoms with Gasteiger partial charge in [-0.2, -0.15) is 0 Å². The first-order valence-corrected chi connectivity index (χ1v) is 15.4. The van der Waals surface area contributed by atoms with E-state index in [1.54, 1.807) is 33.5 Å². The van der Waals surface area contributed by atoms with Gasteiger partial charge in [0.1, 0.15) is 6.04 Å². The Balaban J connectivity index is 1.53. The van der Waals surface area contributed by atoms with Crippen molar-refractivity contribution in [1.82, 2.24) is 10.6 Å². The Labute approximate surface area is 268 Å². The number of amides is 2. The maximum absolute atomic E-state index is 13.9. The topological polar surface area (TPSA) is 133 Å². The lowest BCUT2D eigenvalue weighted by Crippen LogP contribution is -2.44. The summed E-state index contributed by atoms with van der Waals surface area (Å²) < 4.78 is 28.0. The zero-order valence-electron chi connectivity index (χ0n) is 27.1. The summed E-state index contributed by atoms with van der Waals surface area (Å²) in [4.78, 5) is 39.7. The summed E-state index contributed by atoms with van der Waals surface area (Å²) in [5, 5.41) is 9.28. The van der Waals surface area contributed by atoms with Crippen LogP contribution in [-0.2, 0) is 22.6 Å². The van der Waals surface area contributed by atoms with E-state index in [0.717, 1.165) is 16.7 Å². The van der Waals surface area contributed by atoms with Crippen LogP contribution in [0, 0.1) is 5.92 Å². The molecular formula is C35H41N3O8. The first-order chi connectivity index (χ1) is 22.2. The quantitative estimate of drug-likeness (QED) is 0.275. The number of anilines is 1. The van der Waals surface area contributed by atoms with E-state index in [-0.39, 0.29) is 42.2 Å². The van der Waals surface area contributed by atoms with Gasteiger partial charge in [-0.05, 0) is 71.3 Å². The third kappa shape index (κ3) is 6.54. The monoisotopic (exact) mass is 631 g/mol. The third-order valence-electron chi connectivity index (χ3n) is 8.63. The Morgan fingerprint density at radius 1 is 0.978 bits per heavy atom. The number of aryl methyl sites for hydroxylation is 1. The van der Waals surface area contributed by atoms with Gasteiger partial charge >= 0.3 is 0 Å². The molecule has 2 aliphatic rings. The average Bonchev–Trinajstić information content (AvgIpc) is 3.40. The minimum absolute atomic E-state index is 0.0934. The Kier molecular flexibility index (Phi) is 9.89. The molecule has 3 aromatic rings. The summed E-state index contributed by atoms with van der Waals surface area (Å²) in [6.07, 6.45) is 1.84. The van der Waals surface area contributed by atoms with Crippen LogP contribution in [0.15, 0.2) is 47.3 Å². The summed E-state index contributed by atoms with van der Waals surface area (Å²) in [5.41, 5.74) is 3.85. The molecule has 1 heterocycles. The normalized spacial score (nSPS) is 15.7. The minimum Gasteiger partial charge on any atom is -0.493 e. The molecule has 0 saturated carbocycles. The minimum atomic E-state index is -0.689. The van der Waals surface area contributed by atoms with Crippen molar-refractivity contribution >= 4 is 17.5 Å². The van der Waals surface area contributed by atoms with Crippen LogP contribution >= 0.6 is 0 Å². The van der Waals surface area contributed by atoms with E-state index < -0.39 is 12.1 Å². The molecule has 11 heteroatoms. The predicted octanol–water partition coefficient (Wildman–Crippen LogP) is 4.73. The molecule has 0 saturated heterocycles. The number of fused-ring (bicyclic) bond motifs is 4. The van der Waals surface area contributed by atoms with Gasteiger partial charge in [-0.15, -0.1) is 0 Å². The van der Waals surface area contributed by atoms with Gasteiger partial charge in [-0.1, -0.05) is 32.4 Å². The molecule has 0 radical (unpaired) electrons. The first-order valence-electron chi connectivity index (χ1n) is 15.4. The van der Waals surface area contributed by atoms with E-state index >= 15 is 0 Å². The molecule has 3 aromatic carbocycles. The average molecular weight is 632 g/mol. The van der Waals surface area contributed by atoms with Crippen molar-refractivity contribution in [3.05, 3.63) is 69.4 Å². The molecule has 3 atom stereocenters. The second-order valence-electron chi connectivity index (χ2n) is 11.5.